The molecule has 2 aromatic carbocycles. The molecule has 0 aliphatic heterocycles. The summed E-state index contributed by atoms with van der Waals surface area (Å²) in [6.45, 7) is 15.7. The van der Waals surface area contributed by atoms with Crippen molar-refractivity contribution in [2.24, 2.45) is 0 Å². The van der Waals surface area contributed by atoms with Crippen molar-refractivity contribution in [1.29, 1.82) is 0 Å². The Morgan fingerprint density at radius 1 is 0.952 bits per heavy atom. The molecule has 0 aromatic heterocycles. The van der Waals surface area contributed by atoms with Crippen molar-refractivity contribution < 1.29 is 0 Å². The van der Waals surface area contributed by atoms with Crippen LogP contribution in [0.15, 0.2) is 74.3 Å². The van der Waals surface area contributed by atoms with Crippen LogP contribution in [0.1, 0.15) is 37.0 Å². The molecule has 2 aromatic rings. The van der Waals surface area contributed by atoms with Crippen LogP contribution < -0.4 is 0 Å². The lowest BCUT2D eigenvalue weighted by molar-refractivity contribution is 1.24. The molecule has 0 saturated carbocycles. The average molecular weight is 276 g/mol. The minimum atomic E-state index is 0.991. The van der Waals surface area contributed by atoms with Crippen LogP contribution in [0, 0.1) is 0 Å². The zero-order valence-electron chi connectivity index (χ0n) is 13.1. The molecule has 0 N–H and O–H groups in total. The Labute approximate surface area is 129 Å². The lowest BCUT2D eigenvalue weighted by Crippen LogP contribution is -1.84. The molecule has 0 unspecified atom stereocenters. The first-order valence-electron chi connectivity index (χ1n) is 7.20. The van der Waals surface area contributed by atoms with Gasteiger partial charge in [0.15, 0.2) is 0 Å². The zero-order chi connectivity index (χ0) is 15.7. The van der Waals surface area contributed by atoms with Gasteiger partial charge in [-0.3, -0.25) is 0 Å². The molecule has 0 aliphatic carbocycles. The summed E-state index contributed by atoms with van der Waals surface area (Å²) in [4.78, 5) is 0. The van der Waals surface area contributed by atoms with Gasteiger partial charge in [-0.25, -0.2) is 0 Å². The van der Waals surface area contributed by atoms with Gasteiger partial charge in [0.25, 0.3) is 0 Å². The van der Waals surface area contributed by atoms with Crippen LogP contribution in [0.3, 0.4) is 0 Å². The summed E-state index contributed by atoms with van der Waals surface area (Å²) in [5.41, 5.74) is 5.90. The third-order valence-electron chi connectivity index (χ3n) is 3.25. The molecule has 0 atom stereocenters. The van der Waals surface area contributed by atoms with E-state index in [2.05, 4.69) is 50.9 Å². The van der Waals surface area contributed by atoms with Gasteiger partial charge in [0.1, 0.15) is 0 Å². The number of allylic oxidation sites excluding steroid dienone is 2. The van der Waals surface area contributed by atoms with Crippen molar-refractivity contribution in [3.05, 3.63) is 91.0 Å². The monoisotopic (exact) mass is 276 g/mol. The van der Waals surface area contributed by atoms with Gasteiger partial charge in [-0.15, -0.1) is 0 Å². The van der Waals surface area contributed by atoms with Gasteiger partial charge in [-0.2, -0.15) is 0 Å². The standard InChI is InChI=1S/C12H14.C9H10/c1-4-10(3)12-9-7-6-8-11(12)5-2;1-8(2)9-6-4-3-5-7-9/h5-9H,2-4H2,1H3;3-7H,1H2,2H3. The molecule has 0 nitrogen and oxygen atoms in total. The van der Waals surface area contributed by atoms with Crippen molar-refractivity contribution in [2.45, 2.75) is 20.3 Å². The highest BCUT2D eigenvalue weighted by Gasteiger charge is 1.99. The van der Waals surface area contributed by atoms with E-state index in [1.165, 1.54) is 22.3 Å². The second-order valence-corrected chi connectivity index (χ2v) is 4.89. The third-order valence-corrected chi connectivity index (χ3v) is 3.25. The molecule has 0 spiro atoms. The summed E-state index contributed by atoms with van der Waals surface area (Å²) in [5, 5.41) is 0. The maximum Gasteiger partial charge on any atom is -0.0158 e. The Morgan fingerprint density at radius 2 is 1.52 bits per heavy atom. The minimum Gasteiger partial charge on any atom is -0.0984 e. The number of benzene rings is 2. The second kappa shape index (κ2) is 8.76. The van der Waals surface area contributed by atoms with Crippen LogP contribution in [0.2, 0.25) is 0 Å². The van der Waals surface area contributed by atoms with E-state index >= 15 is 0 Å². The molecule has 0 heterocycles. The summed E-state index contributed by atoms with van der Waals surface area (Å²) < 4.78 is 0. The Kier molecular flexibility index (Phi) is 6.97. The SMILES string of the molecule is C=C(C)c1ccccc1.C=Cc1ccccc1C(=C)CC. The Morgan fingerprint density at radius 3 is 2.00 bits per heavy atom. The average Bonchev–Trinajstić information content (AvgIpc) is 2.55. The highest BCUT2D eigenvalue weighted by molar-refractivity contribution is 5.72. The summed E-state index contributed by atoms with van der Waals surface area (Å²) in [6.07, 6.45) is 2.86. The van der Waals surface area contributed by atoms with E-state index in [4.69, 9.17) is 0 Å². The van der Waals surface area contributed by atoms with Crippen LogP contribution in [-0.4, -0.2) is 0 Å². The predicted octanol–water partition coefficient (Wildman–Crippen LogP) is 6.47. The van der Waals surface area contributed by atoms with Gasteiger partial charge in [0.05, 0.1) is 0 Å². The quantitative estimate of drug-likeness (QED) is 0.600. The van der Waals surface area contributed by atoms with Gasteiger partial charge in [-0.05, 0) is 35.6 Å². The smallest absolute Gasteiger partial charge is 0.0158 e. The number of hydrogen-bond acceptors (Lipinski definition) is 0. The Hall–Kier alpha value is -2.34. The van der Waals surface area contributed by atoms with Crippen molar-refractivity contribution >= 4 is 17.2 Å². The lowest BCUT2D eigenvalue weighted by Gasteiger charge is -2.06. The van der Waals surface area contributed by atoms with Gasteiger partial charge in [0.2, 0.25) is 0 Å². The minimum absolute atomic E-state index is 0.991. The maximum atomic E-state index is 4.00. The van der Waals surface area contributed by atoms with Gasteiger partial charge in [-0.1, -0.05) is 92.9 Å². The summed E-state index contributed by atoms with van der Waals surface area (Å²) in [6, 6.07) is 18.4. The molecular formula is C21H24. The van der Waals surface area contributed by atoms with E-state index in [1.54, 1.807) is 0 Å². The molecule has 2 rings (SSSR count). The second-order valence-electron chi connectivity index (χ2n) is 4.89. The first-order valence-corrected chi connectivity index (χ1v) is 7.20. The van der Waals surface area contributed by atoms with Crippen molar-refractivity contribution in [1.82, 2.24) is 0 Å². The first kappa shape index (κ1) is 16.7. The highest BCUT2D eigenvalue weighted by atomic mass is 14.0. The number of rotatable bonds is 4. The molecule has 0 radical (unpaired) electrons. The maximum absolute atomic E-state index is 4.00. The molecule has 0 saturated heterocycles. The molecule has 21 heavy (non-hydrogen) atoms. The molecule has 0 amide bonds. The molecule has 0 fully saturated rings. The van der Waals surface area contributed by atoms with E-state index in [-0.39, 0.29) is 0 Å². The van der Waals surface area contributed by atoms with E-state index in [9.17, 15) is 0 Å². The van der Waals surface area contributed by atoms with Crippen molar-refractivity contribution in [3.63, 3.8) is 0 Å². The summed E-state index contributed by atoms with van der Waals surface area (Å²) in [5.74, 6) is 0. The normalized spacial score (nSPS) is 9.24. The van der Waals surface area contributed by atoms with Crippen LogP contribution in [0.25, 0.3) is 17.2 Å². The van der Waals surface area contributed by atoms with E-state index in [0.717, 1.165) is 12.0 Å². The van der Waals surface area contributed by atoms with Crippen LogP contribution in [0.4, 0.5) is 0 Å². The van der Waals surface area contributed by atoms with Gasteiger partial charge in [0, 0.05) is 0 Å². The summed E-state index contributed by atoms with van der Waals surface area (Å²) >= 11 is 0. The van der Waals surface area contributed by atoms with Gasteiger partial charge < -0.3 is 0 Å². The highest BCUT2D eigenvalue weighted by Crippen LogP contribution is 2.20. The Bertz CT molecular complexity index is 603. The van der Waals surface area contributed by atoms with Crippen LogP contribution >= 0.6 is 0 Å². The third kappa shape index (κ3) is 5.27. The molecular weight excluding hydrogens is 252 g/mol. The van der Waals surface area contributed by atoms with Crippen LogP contribution in [-0.2, 0) is 0 Å². The largest absolute Gasteiger partial charge is 0.0984 e. The van der Waals surface area contributed by atoms with Crippen molar-refractivity contribution in [2.75, 3.05) is 0 Å². The van der Waals surface area contributed by atoms with E-state index < -0.39 is 0 Å². The Balaban J connectivity index is 0.000000219. The fraction of sp³-hybridized carbons (Fsp3) is 0.143. The number of hydrogen-bond donors (Lipinski definition) is 0. The van der Waals surface area contributed by atoms with E-state index in [1.807, 2.05) is 43.3 Å². The van der Waals surface area contributed by atoms with E-state index in [0.29, 0.717) is 0 Å². The fourth-order valence-electron chi connectivity index (χ4n) is 1.91. The topological polar surface area (TPSA) is 0 Å². The fourth-order valence-corrected chi connectivity index (χ4v) is 1.91. The first-order chi connectivity index (χ1) is 10.1. The molecule has 0 heteroatoms. The van der Waals surface area contributed by atoms with Gasteiger partial charge >= 0.3 is 0 Å². The predicted molar refractivity (Wildman–Crippen MR) is 97.0 cm³/mol. The molecule has 0 bridgehead atoms. The molecule has 0 aliphatic rings. The zero-order valence-corrected chi connectivity index (χ0v) is 13.1. The molecule has 108 valence electrons. The van der Waals surface area contributed by atoms with Crippen molar-refractivity contribution in [3.8, 4) is 0 Å². The lowest BCUT2D eigenvalue weighted by atomic mass is 9.99. The van der Waals surface area contributed by atoms with Crippen LogP contribution in [0.5, 0.6) is 0 Å². The summed E-state index contributed by atoms with van der Waals surface area (Å²) in [7, 11) is 0.